The third-order valence-electron chi connectivity index (χ3n) is 4.03. The molecule has 0 fully saturated rings. The van der Waals surface area contributed by atoms with Crippen LogP contribution in [0.4, 0.5) is 0 Å². The average Bonchev–Trinajstić information content (AvgIpc) is 2.53. The van der Waals surface area contributed by atoms with Crippen LogP contribution in [-0.2, 0) is 0 Å². The van der Waals surface area contributed by atoms with E-state index in [-0.39, 0.29) is 0 Å². The van der Waals surface area contributed by atoms with E-state index in [1.54, 1.807) is 0 Å². The van der Waals surface area contributed by atoms with Crippen LogP contribution >= 0.6 is 0 Å². The van der Waals surface area contributed by atoms with Crippen LogP contribution in [0.1, 0.15) is 75.2 Å². The van der Waals surface area contributed by atoms with Crippen molar-refractivity contribution in [1.29, 1.82) is 0 Å². The zero-order valence-electron chi connectivity index (χ0n) is 17.2. The van der Waals surface area contributed by atoms with Crippen molar-refractivity contribution < 1.29 is 0 Å². The third kappa shape index (κ3) is 9.70. The second kappa shape index (κ2) is 14.6. The average molecular weight is 324 g/mol. The molecule has 1 atom stereocenters. The number of amidine groups is 1. The van der Waals surface area contributed by atoms with Crippen LogP contribution in [0.15, 0.2) is 21.3 Å². The summed E-state index contributed by atoms with van der Waals surface area (Å²) < 4.78 is 0. The lowest BCUT2D eigenvalue weighted by atomic mass is 9.87. The van der Waals surface area contributed by atoms with E-state index in [4.69, 9.17) is 4.99 Å². The van der Waals surface area contributed by atoms with Gasteiger partial charge in [-0.25, -0.2) is 9.98 Å². The molecule has 0 bridgehead atoms. The smallest absolute Gasteiger partial charge is 0.141 e. The van der Waals surface area contributed by atoms with Crippen LogP contribution in [-0.4, -0.2) is 37.1 Å². The predicted molar refractivity (Wildman–Crippen MR) is 108 cm³/mol. The van der Waals surface area contributed by atoms with Gasteiger partial charge in [-0.3, -0.25) is 4.90 Å². The summed E-state index contributed by atoms with van der Waals surface area (Å²) in [7, 11) is 0. The minimum absolute atomic E-state index is 0.523. The van der Waals surface area contributed by atoms with E-state index in [1.165, 1.54) is 18.4 Å². The van der Waals surface area contributed by atoms with Gasteiger partial charge in [0.05, 0.1) is 6.54 Å². The Morgan fingerprint density at radius 1 is 1.04 bits per heavy atom. The maximum Gasteiger partial charge on any atom is 0.141 e. The van der Waals surface area contributed by atoms with Crippen LogP contribution in [0, 0.1) is 11.8 Å². The van der Waals surface area contributed by atoms with E-state index < -0.39 is 0 Å². The van der Waals surface area contributed by atoms with Gasteiger partial charge in [-0.2, -0.15) is 0 Å². The van der Waals surface area contributed by atoms with Gasteiger partial charge in [0.2, 0.25) is 0 Å². The molecule has 23 heavy (non-hydrogen) atoms. The molecule has 0 aromatic rings. The SMILES string of the molecule is C=NC(CN(CC)CC)=N/C(C)=C(/C(C)C)C(C)CCC.CC. The third-order valence-corrected chi connectivity index (χ3v) is 4.03. The summed E-state index contributed by atoms with van der Waals surface area (Å²) >= 11 is 0. The van der Waals surface area contributed by atoms with Crippen LogP contribution in [0.25, 0.3) is 0 Å². The predicted octanol–water partition coefficient (Wildman–Crippen LogP) is 5.82. The first-order chi connectivity index (χ1) is 10.9. The van der Waals surface area contributed by atoms with Crippen LogP contribution < -0.4 is 0 Å². The molecule has 0 aromatic heterocycles. The molecule has 3 nitrogen and oxygen atoms in total. The maximum atomic E-state index is 4.78. The highest BCUT2D eigenvalue weighted by atomic mass is 15.1. The first kappa shape index (κ1) is 24.3. The molecular formula is C20H41N3. The van der Waals surface area contributed by atoms with Crippen LogP contribution in [0.2, 0.25) is 0 Å². The quantitative estimate of drug-likeness (QED) is 0.388. The minimum atomic E-state index is 0.523. The Kier molecular flexibility index (Phi) is 15.4. The Hall–Kier alpha value is -0.960. The summed E-state index contributed by atoms with van der Waals surface area (Å²) in [5.41, 5.74) is 2.58. The van der Waals surface area contributed by atoms with Gasteiger partial charge in [-0.15, -0.1) is 0 Å². The minimum Gasteiger partial charge on any atom is -0.296 e. The molecule has 0 radical (unpaired) electrons. The molecule has 0 spiro atoms. The Morgan fingerprint density at radius 2 is 1.57 bits per heavy atom. The van der Waals surface area contributed by atoms with Gasteiger partial charge in [0, 0.05) is 5.70 Å². The number of hydrogen-bond donors (Lipinski definition) is 0. The van der Waals surface area contributed by atoms with E-state index in [9.17, 15) is 0 Å². The molecule has 0 N–H and O–H groups in total. The van der Waals surface area contributed by atoms with Crippen molar-refractivity contribution in [3.05, 3.63) is 11.3 Å². The number of hydrogen-bond acceptors (Lipinski definition) is 2. The fourth-order valence-corrected chi connectivity index (χ4v) is 2.96. The summed E-state index contributed by atoms with van der Waals surface area (Å²) in [6.45, 7) is 26.0. The Balaban J connectivity index is 0. The molecule has 0 aliphatic heterocycles. The number of rotatable bonds is 9. The standard InChI is InChI=1S/C18H35N3.C2H6/c1-9-12-15(6)18(14(4)5)16(7)20-17(19-8)13-21(10-2)11-3;1-2/h14-15H,8-13H2,1-7H3;1-2H3/b18-16-,20-17?;. The number of aliphatic imine (C=N–C) groups is 2. The van der Waals surface area contributed by atoms with Crippen molar-refractivity contribution in [2.24, 2.45) is 21.8 Å². The van der Waals surface area contributed by atoms with Crippen molar-refractivity contribution in [1.82, 2.24) is 4.90 Å². The summed E-state index contributed by atoms with van der Waals surface area (Å²) in [6.07, 6.45) is 2.42. The van der Waals surface area contributed by atoms with Crippen molar-refractivity contribution in [3.63, 3.8) is 0 Å². The lowest BCUT2D eigenvalue weighted by Gasteiger charge is -2.22. The van der Waals surface area contributed by atoms with Crippen molar-refractivity contribution >= 4 is 12.6 Å². The Labute approximate surface area is 146 Å². The van der Waals surface area contributed by atoms with E-state index in [0.29, 0.717) is 11.8 Å². The zero-order chi connectivity index (χ0) is 18.4. The largest absolute Gasteiger partial charge is 0.296 e. The summed E-state index contributed by atoms with van der Waals surface area (Å²) in [6, 6.07) is 0. The van der Waals surface area contributed by atoms with E-state index >= 15 is 0 Å². The van der Waals surface area contributed by atoms with E-state index in [1.807, 2.05) is 13.8 Å². The van der Waals surface area contributed by atoms with Gasteiger partial charge < -0.3 is 0 Å². The molecule has 0 aliphatic carbocycles. The molecule has 1 unspecified atom stereocenters. The second-order valence-corrected chi connectivity index (χ2v) is 6.03. The first-order valence-corrected chi connectivity index (χ1v) is 9.38. The summed E-state index contributed by atoms with van der Waals surface area (Å²) in [5, 5.41) is 0. The molecular weight excluding hydrogens is 282 g/mol. The second-order valence-electron chi connectivity index (χ2n) is 6.03. The fraction of sp³-hybridized carbons (Fsp3) is 0.800. The van der Waals surface area contributed by atoms with Gasteiger partial charge in [-0.05, 0) is 50.6 Å². The highest BCUT2D eigenvalue weighted by molar-refractivity contribution is 5.88. The highest BCUT2D eigenvalue weighted by Gasteiger charge is 2.15. The Bertz CT molecular complexity index is 363. The van der Waals surface area contributed by atoms with Crippen LogP contribution in [0.3, 0.4) is 0 Å². The van der Waals surface area contributed by atoms with E-state index in [2.05, 4.69) is 65.1 Å². The summed E-state index contributed by atoms with van der Waals surface area (Å²) in [5.74, 6) is 1.94. The van der Waals surface area contributed by atoms with Crippen molar-refractivity contribution in [2.45, 2.75) is 75.2 Å². The van der Waals surface area contributed by atoms with E-state index in [0.717, 1.165) is 31.2 Å². The van der Waals surface area contributed by atoms with Gasteiger partial charge in [0.1, 0.15) is 5.84 Å². The lowest BCUT2D eigenvalue weighted by Crippen LogP contribution is -2.28. The molecule has 3 heteroatoms. The lowest BCUT2D eigenvalue weighted by molar-refractivity contribution is 0.346. The van der Waals surface area contributed by atoms with Crippen molar-refractivity contribution in [3.8, 4) is 0 Å². The maximum absolute atomic E-state index is 4.78. The van der Waals surface area contributed by atoms with Crippen molar-refractivity contribution in [2.75, 3.05) is 19.6 Å². The molecule has 0 saturated carbocycles. The summed E-state index contributed by atoms with van der Waals surface area (Å²) in [4.78, 5) is 11.2. The number of nitrogens with zero attached hydrogens (tertiary/aromatic N) is 3. The topological polar surface area (TPSA) is 28.0 Å². The molecule has 0 saturated heterocycles. The molecule has 0 heterocycles. The fourth-order valence-electron chi connectivity index (χ4n) is 2.96. The van der Waals surface area contributed by atoms with Gasteiger partial charge in [0.25, 0.3) is 0 Å². The molecule has 136 valence electrons. The van der Waals surface area contributed by atoms with Gasteiger partial charge in [-0.1, -0.05) is 61.8 Å². The normalized spacial score (nSPS) is 14.3. The zero-order valence-corrected chi connectivity index (χ0v) is 17.2. The van der Waals surface area contributed by atoms with Gasteiger partial charge >= 0.3 is 0 Å². The van der Waals surface area contributed by atoms with Crippen LogP contribution in [0.5, 0.6) is 0 Å². The molecule has 0 amide bonds. The van der Waals surface area contributed by atoms with Gasteiger partial charge in [0.15, 0.2) is 0 Å². The number of likely N-dealkylation sites (N-methyl/N-ethyl adjacent to an activating group) is 1. The molecule has 0 aromatic carbocycles. The first-order valence-electron chi connectivity index (χ1n) is 9.38. The molecule has 0 aliphatic rings. The Morgan fingerprint density at radius 3 is 1.91 bits per heavy atom. The monoisotopic (exact) mass is 323 g/mol. The number of allylic oxidation sites excluding steroid dienone is 2. The highest BCUT2D eigenvalue weighted by Crippen LogP contribution is 2.27. The molecule has 0 rings (SSSR count).